The molecule has 0 saturated heterocycles. The Hall–Kier alpha value is -1.28. The predicted molar refractivity (Wildman–Crippen MR) is 106 cm³/mol. The van der Waals surface area contributed by atoms with Gasteiger partial charge in [-0.3, -0.25) is 0 Å². The van der Waals surface area contributed by atoms with Crippen LogP contribution in [0.1, 0.15) is 76.3 Å². The molecule has 26 heavy (non-hydrogen) atoms. The Morgan fingerprint density at radius 3 is 2.88 bits per heavy atom. The van der Waals surface area contributed by atoms with Crippen LogP contribution in [0, 0.1) is 17.3 Å². The first-order chi connectivity index (χ1) is 12.5. The number of aliphatic hydroxyl groups excluding tert-OH is 1. The maximum absolute atomic E-state index is 10.4. The van der Waals surface area contributed by atoms with Gasteiger partial charge in [0, 0.05) is 5.41 Å². The summed E-state index contributed by atoms with van der Waals surface area (Å²) in [6, 6.07) is 6.06. The molecule has 0 radical (unpaired) electrons. The van der Waals surface area contributed by atoms with Gasteiger partial charge in [-0.2, -0.15) is 0 Å². The van der Waals surface area contributed by atoms with Gasteiger partial charge in [0.25, 0.3) is 0 Å². The molecule has 3 aliphatic rings. The number of benzene rings is 1. The lowest BCUT2D eigenvalue weighted by atomic mass is 9.48. The molecule has 0 amide bonds. The van der Waals surface area contributed by atoms with Gasteiger partial charge in [-0.15, -0.1) is 0 Å². The number of allylic oxidation sites excluding steroid dienone is 2. The number of phenols is 1. The highest BCUT2D eigenvalue weighted by atomic mass is 16.3. The van der Waals surface area contributed by atoms with Crippen molar-refractivity contribution in [1.29, 1.82) is 0 Å². The number of hydrogen-bond donors (Lipinski definition) is 2. The van der Waals surface area contributed by atoms with Crippen molar-refractivity contribution in [2.24, 2.45) is 17.3 Å². The lowest BCUT2D eigenvalue weighted by molar-refractivity contribution is 0.0274. The van der Waals surface area contributed by atoms with Gasteiger partial charge >= 0.3 is 0 Å². The van der Waals surface area contributed by atoms with Crippen molar-refractivity contribution < 1.29 is 10.2 Å². The van der Waals surface area contributed by atoms with E-state index >= 15 is 0 Å². The third-order valence-electron chi connectivity index (χ3n) is 7.83. The van der Waals surface area contributed by atoms with E-state index in [2.05, 4.69) is 32.1 Å². The lowest BCUT2D eigenvalue weighted by Crippen LogP contribution is -2.49. The Morgan fingerprint density at radius 2 is 2.08 bits per heavy atom. The summed E-state index contributed by atoms with van der Waals surface area (Å²) >= 11 is 0. The maximum Gasteiger partial charge on any atom is 0.115 e. The number of rotatable bonds is 4. The van der Waals surface area contributed by atoms with Crippen molar-refractivity contribution >= 4 is 0 Å². The van der Waals surface area contributed by atoms with E-state index < -0.39 is 0 Å². The van der Waals surface area contributed by atoms with Crippen LogP contribution >= 0.6 is 0 Å². The molecular weight excluding hydrogens is 320 g/mol. The minimum absolute atomic E-state index is 0.100. The molecule has 2 N–H and O–H groups in total. The first kappa shape index (κ1) is 18.1. The summed E-state index contributed by atoms with van der Waals surface area (Å²) in [6.07, 6.45) is 15.0. The Morgan fingerprint density at radius 1 is 1.23 bits per heavy atom. The quantitative estimate of drug-likeness (QED) is 0.553. The summed E-state index contributed by atoms with van der Waals surface area (Å²) in [5.74, 6) is 1.63. The van der Waals surface area contributed by atoms with Gasteiger partial charge in [-0.05, 0) is 85.5 Å². The third-order valence-corrected chi connectivity index (χ3v) is 7.83. The van der Waals surface area contributed by atoms with Gasteiger partial charge in [-0.1, -0.05) is 44.9 Å². The molecule has 2 heteroatoms. The highest BCUT2D eigenvalue weighted by molar-refractivity contribution is 5.46. The summed E-state index contributed by atoms with van der Waals surface area (Å²) in [6.45, 7) is 4.67. The van der Waals surface area contributed by atoms with E-state index in [0.29, 0.717) is 23.0 Å². The van der Waals surface area contributed by atoms with Crippen molar-refractivity contribution in [3.05, 3.63) is 41.5 Å². The standard InChI is InChI=1S/C24H34O2/c1-3-4-5-6-11-24-13-12-23(2)16-19(26)15-22(23)21(24)9-7-17-14-18(25)8-10-20(17)24/h6,8,10-11,14,19,21-22,25-26H,3-5,7,9,12-13,15-16H2,1-2H3/t19?,21-,22-,23+,24+/m0/s1. The van der Waals surface area contributed by atoms with Gasteiger partial charge in [0.1, 0.15) is 5.75 Å². The van der Waals surface area contributed by atoms with Crippen LogP contribution in [0.2, 0.25) is 0 Å². The van der Waals surface area contributed by atoms with Crippen molar-refractivity contribution in [3.8, 4) is 5.75 Å². The van der Waals surface area contributed by atoms with E-state index in [0.717, 1.165) is 25.7 Å². The normalized spacial score (nSPS) is 38.8. The molecule has 0 bridgehead atoms. The zero-order valence-electron chi connectivity index (χ0n) is 16.4. The monoisotopic (exact) mass is 354 g/mol. The summed E-state index contributed by atoms with van der Waals surface area (Å²) in [5.41, 5.74) is 3.19. The largest absolute Gasteiger partial charge is 0.508 e. The molecular formula is C24H34O2. The second-order valence-corrected chi connectivity index (χ2v) is 9.43. The molecule has 1 unspecified atom stereocenters. The van der Waals surface area contributed by atoms with E-state index in [1.54, 1.807) is 0 Å². The van der Waals surface area contributed by atoms with Crippen molar-refractivity contribution in [2.45, 2.75) is 83.2 Å². The number of unbranched alkanes of at least 4 members (excludes halogenated alkanes) is 2. The fourth-order valence-corrected chi connectivity index (χ4v) is 6.58. The maximum atomic E-state index is 10.4. The van der Waals surface area contributed by atoms with Crippen LogP contribution in [0.5, 0.6) is 5.75 Å². The van der Waals surface area contributed by atoms with Crippen LogP contribution < -0.4 is 0 Å². The number of phenolic OH excluding ortho intramolecular Hbond substituents is 1. The zero-order chi connectivity index (χ0) is 18.4. The van der Waals surface area contributed by atoms with Crippen LogP contribution in [0.3, 0.4) is 0 Å². The molecule has 1 aromatic rings. The fourth-order valence-electron chi connectivity index (χ4n) is 6.58. The van der Waals surface area contributed by atoms with Gasteiger partial charge < -0.3 is 10.2 Å². The van der Waals surface area contributed by atoms with Gasteiger partial charge in [0.2, 0.25) is 0 Å². The molecule has 4 rings (SSSR count). The summed E-state index contributed by atoms with van der Waals surface area (Å²) in [5, 5.41) is 20.4. The van der Waals surface area contributed by atoms with Crippen LogP contribution in [-0.2, 0) is 11.8 Å². The van der Waals surface area contributed by atoms with E-state index in [9.17, 15) is 10.2 Å². The number of fused-ring (bicyclic) bond motifs is 5. The second kappa shape index (κ2) is 6.71. The Balaban J connectivity index is 1.76. The Kier molecular flexibility index (Phi) is 4.67. The van der Waals surface area contributed by atoms with Crippen LogP contribution in [0.15, 0.2) is 30.4 Å². The van der Waals surface area contributed by atoms with E-state index in [1.807, 2.05) is 12.1 Å². The lowest BCUT2D eigenvalue weighted by Gasteiger charge is -2.55. The zero-order valence-corrected chi connectivity index (χ0v) is 16.4. The minimum Gasteiger partial charge on any atom is -0.508 e. The summed E-state index contributed by atoms with van der Waals surface area (Å²) in [7, 11) is 0. The molecule has 0 heterocycles. The first-order valence-corrected chi connectivity index (χ1v) is 10.7. The Bertz CT molecular complexity index is 693. The van der Waals surface area contributed by atoms with Crippen LogP contribution in [-0.4, -0.2) is 16.3 Å². The van der Waals surface area contributed by atoms with Gasteiger partial charge in [0.05, 0.1) is 6.10 Å². The van der Waals surface area contributed by atoms with E-state index in [1.165, 1.54) is 43.2 Å². The summed E-state index contributed by atoms with van der Waals surface area (Å²) < 4.78 is 0. The molecule has 3 aliphatic carbocycles. The Labute approximate surface area is 158 Å². The molecule has 2 saturated carbocycles. The molecule has 0 aliphatic heterocycles. The number of aromatic hydroxyl groups is 1. The smallest absolute Gasteiger partial charge is 0.115 e. The highest BCUT2D eigenvalue weighted by Crippen LogP contribution is 2.63. The average Bonchev–Trinajstić information content (AvgIpc) is 2.92. The molecule has 1 aromatic carbocycles. The topological polar surface area (TPSA) is 40.5 Å². The van der Waals surface area contributed by atoms with Crippen LogP contribution in [0.4, 0.5) is 0 Å². The minimum atomic E-state index is -0.119. The highest BCUT2D eigenvalue weighted by Gasteiger charge is 2.57. The van der Waals surface area contributed by atoms with Crippen LogP contribution in [0.25, 0.3) is 0 Å². The SMILES string of the molecule is CCCCC=C[C@]12CC[C@]3(C)CC(O)C[C@H]3[C@@H]1CCc1cc(O)ccc12. The third kappa shape index (κ3) is 2.81. The number of aryl methyl sites for hydroxylation is 1. The number of hydrogen-bond acceptors (Lipinski definition) is 2. The van der Waals surface area contributed by atoms with Crippen molar-refractivity contribution in [1.82, 2.24) is 0 Å². The fraction of sp³-hybridized carbons (Fsp3) is 0.667. The molecule has 0 spiro atoms. The number of aliphatic hydroxyl groups is 1. The van der Waals surface area contributed by atoms with Crippen molar-refractivity contribution in [3.63, 3.8) is 0 Å². The van der Waals surface area contributed by atoms with E-state index in [-0.39, 0.29) is 11.5 Å². The summed E-state index contributed by atoms with van der Waals surface area (Å²) in [4.78, 5) is 0. The predicted octanol–water partition coefficient (Wildman–Crippen LogP) is 5.51. The molecule has 0 aromatic heterocycles. The molecule has 2 nitrogen and oxygen atoms in total. The average molecular weight is 355 g/mol. The van der Waals surface area contributed by atoms with Gasteiger partial charge in [-0.25, -0.2) is 0 Å². The van der Waals surface area contributed by atoms with Crippen molar-refractivity contribution in [2.75, 3.05) is 0 Å². The van der Waals surface area contributed by atoms with Gasteiger partial charge in [0.15, 0.2) is 0 Å². The molecule has 5 atom stereocenters. The second-order valence-electron chi connectivity index (χ2n) is 9.43. The van der Waals surface area contributed by atoms with E-state index in [4.69, 9.17) is 0 Å². The molecule has 142 valence electrons. The molecule has 2 fully saturated rings. The first-order valence-electron chi connectivity index (χ1n) is 10.7.